The van der Waals surface area contributed by atoms with Gasteiger partial charge in [0, 0.05) is 45.1 Å². The van der Waals surface area contributed by atoms with Crippen LogP contribution < -0.4 is 0 Å². The van der Waals surface area contributed by atoms with Crippen molar-refractivity contribution in [1.82, 2.24) is 9.80 Å². The fourth-order valence-electron chi connectivity index (χ4n) is 3.52. The van der Waals surface area contributed by atoms with Crippen molar-refractivity contribution in [2.75, 3.05) is 45.9 Å². The summed E-state index contributed by atoms with van der Waals surface area (Å²) in [6.07, 6.45) is 1.61. The number of hydrogen-bond donors (Lipinski definition) is 2. The van der Waals surface area contributed by atoms with Gasteiger partial charge in [0.05, 0.1) is 13.2 Å². The molecule has 8 heteroatoms. The summed E-state index contributed by atoms with van der Waals surface area (Å²) < 4.78 is 5.35. The zero-order valence-electron chi connectivity index (χ0n) is 12.4. The topological polar surface area (TPSA) is 107 Å². The number of carbonyl (C=O) groups excluding carboxylic acids is 1. The molecule has 1 amide bonds. The van der Waals surface area contributed by atoms with Crippen LogP contribution in [0.3, 0.4) is 0 Å². The van der Waals surface area contributed by atoms with E-state index < -0.39 is 11.4 Å². The first-order chi connectivity index (χ1) is 10.5. The van der Waals surface area contributed by atoms with Gasteiger partial charge in [-0.3, -0.25) is 19.3 Å². The van der Waals surface area contributed by atoms with Gasteiger partial charge < -0.3 is 19.8 Å². The van der Waals surface area contributed by atoms with Gasteiger partial charge in [0.15, 0.2) is 0 Å². The van der Waals surface area contributed by atoms with E-state index in [2.05, 4.69) is 4.90 Å². The molecule has 3 fully saturated rings. The minimum Gasteiger partial charge on any atom is -0.483 e. The molecule has 2 atom stereocenters. The maximum atomic E-state index is 11.5. The van der Waals surface area contributed by atoms with Crippen LogP contribution in [0, 0.1) is 11.3 Å². The molecule has 0 aromatic rings. The predicted octanol–water partition coefficient (Wildman–Crippen LogP) is -0.657. The Hall–Kier alpha value is -1.67. The zero-order chi connectivity index (χ0) is 16.2. The Kier molecular flexibility index (Phi) is 5.36. The van der Waals surface area contributed by atoms with Gasteiger partial charge in [-0.15, -0.1) is 0 Å². The average Bonchev–Trinajstić information content (AvgIpc) is 3.11. The van der Waals surface area contributed by atoms with Gasteiger partial charge in [-0.05, 0) is 6.42 Å². The molecule has 0 saturated carbocycles. The number of hydrogen-bond acceptors (Lipinski definition) is 5. The molecule has 3 heterocycles. The summed E-state index contributed by atoms with van der Waals surface area (Å²) in [5, 5.41) is 16.3. The predicted molar refractivity (Wildman–Crippen MR) is 75.3 cm³/mol. The van der Waals surface area contributed by atoms with Crippen LogP contribution in [0.25, 0.3) is 0 Å². The van der Waals surface area contributed by atoms with E-state index in [1.165, 1.54) is 0 Å². The molecule has 3 aliphatic heterocycles. The number of rotatable bonds is 4. The molecule has 0 spiro atoms. The van der Waals surface area contributed by atoms with Crippen molar-refractivity contribution in [2.24, 2.45) is 11.3 Å². The van der Waals surface area contributed by atoms with Crippen LogP contribution in [0.5, 0.6) is 0 Å². The minimum atomic E-state index is -0.741. The number of fused-ring (bicyclic) bond motifs is 1. The molecule has 0 aromatic heterocycles. The first-order valence-electron chi connectivity index (χ1n) is 7.42. The van der Waals surface area contributed by atoms with E-state index in [9.17, 15) is 14.7 Å². The molecule has 2 N–H and O–H groups in total. The second-order valence-electron chi connectivity index (χ2n) is 6.00. The van der Waals surface area contributed by atoms with Gasteiger partial charge in [0.25, 0.3) is 6.47 Å². The van der Waals surface area contributed by atoms with Crippen molar-refractivity contribution in [1.29, 1.82) is 0 Å². The van der Waals surface area contributed by atoms with Crippen LogP contribution >= 0.6 is 0 Å². The minimum absolute atomic E-state index is 0.0966. The van der Waals surface area contributed by atoms with Crippen molar-refractivity contribution < 1.29 is 29.3 Å². The molecule has 3 aliphatic rings. The Morgan fingerprint density at radius 2 is 2.18 bits per heavy atom. The van der Waals surface area contributed by atoms with Crippen molar-refractivity contribution in [2.45, 2.75) is 12.8 Å². The van der Waals surface area contributed by atoms with Crippen LogP contribution in [0.15, 0.2) is 0 Å². The average molecular weight is 314 g/mol. The zero-order valence-corrected chi connectivity index (χ0v) is 12.4. The fraction of sp³-hybridized carbons (Fsp3) is 0.786. The largest absolute Gasteiger partial charge is 0.483 e. The van der Waals surface area contributed by atoms with Crippen LogP contribution in [-0.4, -0.2) is 84.3 Å². The molecule has 3 saturated heterocycles. The third-order valence-corrected chi connectivity index (χ3v) is 4.73. The van der Waals surface area contributed by atoms with E-state index in [0.29, 0.717) is 26.2 Å². The molecule has 0 aliphatic carbocycles. The van der Waals surface area contributed by atoms with E-state index in [1.807, 2.05) is 4.90 Å². The summed E-state index contributed by atoms with van der Waals surface area (Å²) in [6.45, 7) is 4.30. The van der Waals surface area contributed by atoms with Crippen molar-refractivity contribution in [3.05, 3.63) is 0 Å². The van der Waals surface area contributed by atoms with Gasteiger partial charge in [0.2, 0.25) is 5.91 Å². The third kappa shape index (κ3) is 3.22. The van der Waals surface area contributed by atoms with Crippen molar-refractivity contribution in [3.63, 3.8) is 0 Å². The molecule has 0 aromatic carbocycles. The van der Waals surface area contributed by atoms with Crippen LogP contribution in [0.4, 0.5) is 0 Å². The van der Waals surface area contributed by atoms with Gasteiger partial charge in [0.1, 0.15) is 5.41 Å². The number of carboxylic acid groups (broad SMARTS) is 2. The molecular weight excluding hydrogens is 292 g/mol. The van der Waals surface area contributed by atoms with Crippen molar-refractivity contribution >= 4 is 18.3 Å². The number of carbonyl (C=O) groups is 3. The first-order valence-corrected chi connectivity index (χ1v) is 7.42. The Morgan fingerprint density at radius 3 is 2.73 bits per heavy atom. The molecular formula is C14H22N2O6. The lowest BCUT2D eigenvalue weighted by atomic mass is 9.81. The summed E-state index contributed by atoms with van der Waals surface area (Å²) in [4.78, 5) is 35.5. The smallest absolute Gasteiger partial charge is 0.313 e. The highest BCUT2D eigenvalue weighted by atomic mass is 16.5. The molecule has 22 heavy (non-hydrogen) atoms. The Bertz CT molecular complexity index is 443. The summed E-state index contributed by atoms with van der Waals surface area (Å²) in [5.74, 6) is -0.412. The van der Waals surface area contributed by atoms with E-state index in [-0.39, 0.29) is 18.3 Å². The quantitative estimate of drug-likeness (QED) is 0.663. The molecule has 0 bridgehead atoms. The molecule has 0 radical (unpaired) electrons. The lowest BCUT2D eigenvalue weighted by molar-refractivity contribution is -0.149. The van der Waals surface area contributed by atoms with Crippen LogP contribution in [0.1, 0.15) is 12.8 Å². The number of aliphatic carboxylic acids is 1. The Labute approximate surface area is 128 Å². The summed E-state index contributed by atoms with van der Waals surface area (Å²) >= 11 is 0. The fourth-order valence-corrected chi connectivity index (χ4v) is 3.52. The number of nitrogens with zero attached hydrogens (tertiary/aromatic N) is 2. The number of amides is 1. The van der Waals surface area contributed by atoms with Gasteiger partial charge in [-0.1, -0.05) is 0 Å². The maximum absolute atomic E-state index is 11.5. The maximum Gasteiger partial charge on any atom is 0.313 e. The van der Waals surface area contributed by atoms with Gasteiger partial charge in [-0.2, -0.15) is 0 Å². The lowest BCUT2D eigenvalue weighted by Crippen LogP contribution is -2.40. The monoisotopic (exact) mass is 314 g/mol. The first kappa shape index (κ1) is 16.7. The highest BCUT2D eigenvalue weighted by Crippen LogP contribution is 2.41. The Balaban J connectivity index is 0.000000545. The molecule has 3 rings (SSSR count). The normalized spacial score (nSPS) is 30.8. The van der Waals surface area contributed by atoms with E-state index in [1.54, 1.807) is 0 Å². The second-order valence-corrected chi connectivity index (χ2v) is 6.00. The molecule has 8 nitrogen and oxygen atoms in total. The van der Waals surface area contributed by atoms with Crippen LogP contribution in [-0.2, 0) is 19.1 Å². The summed E-state index contributed by atoms with van der Waals surface area (Å²) in [7, 11) is 0. The summed E-state index contributed by atoms with van der Waals surface area (Å²) in [6, 6.07) is 0. The molecule has 0 unspecified atom stereocenters. The standard InChI is InChI=1S/C13H20N2O4.CH2O2/c16-11-2-1-3-15(11)5-4-14-6-10-7-19-9-13(10,8-14)12(17)18;2-1-3/h10H,1-9H2,(H,17,18);1H,(H,2,3)/t10-,13-;/m1./s1. The highest BCUT2D eigenvalue weighted by molar-refractivity contribution is 5.78. The number of carboxylic acids is 1. The number of likely N-dealkylation sites (tertiary alicyclic amines) is 2. The summed E-state index contributed by atoms with van der Waals surface area (Å²) in [5.41, 5.74) is -0.713. The highest BCUT2D eigenvalue weighted by Gasteiger charge is 2.55. The second kappa shape index (κ2) is 7.06. The van der Waals surface area contributed by atoms with Crippen LogP contribution in [0.2, 0.25) is 0 Å². The third-order valence-electron chi connectivity index (χ3n) is 4.73. The van der Waals surface area contributed by atoms with Crippen molar-refractivity contribution in [3.8, 4) is 0 Å². The SMILES string of the molecule is O=C1CCCN1CCN1C[C@@H]2COC[C@]2(C(=O)O)C1.O=CO. The van der Waals surface area contributed by atoms with Gasteiger partial charge in [-0.25, -0.2) is 0 Å². The van der Waals surface area contributed by atoms with E-state index >= 15 is 0 Å². The van der Waals surface area contributed by atoms with E-state index in [0.717, 1.165) is 32.6 Å². The molecule has 124 valence electrons. The number of ether oxygens (including phenoxy) is 1. The van der Waals surface area contributed by atoms with Gasteiger partial charge >= 0.3 is 5.97 Å². The lowest BCUT2D eigenvalue weighted by Gasteiger charge is -2.24. The van der Waals surface area contributed by atoms with E-state index in [4.69, 9.17) is 14.6 Å². The Morgan fingerprint density at radius 1 is 1.45 bits per heavy atom.